The molecule has 112 valence electrons. The van der Waals surface area contributed by atoms with Gasteiger partial charge in [-0.25, -0.2) is 0 Å². The van der Waals surface area contributed by atoms with Gasteiger partial charge in [0.2, 0.25) is 0 Å². The van der Waals surface area contributed by atoms with Crippen LogP contribution < -0.4 is 0 Å². The molecule has 0 aliphatic heterocycles. The number of carbonyl (C=O) groups is 1. The quantitative estimate of drug-likeness (QED) is 0.195. The molecule has 0 aliphatic carbocycles. The summed E-state index contributed by atoms with van der Waals surface area (Å²) in [7, 11) is 0. The Morgan fingerprint density at radius 2 is 1.00 bits per heavy atom. The lowest BCUT2D eigenvalue weighted by Crippen LogP contribution is -1.82. The summed E-state index contributed by atoms with van der Waals surface area (Å²) >= 11 is 0. The van der Waals surface area contributed by atoms with Crippen LogP contribution in [0.25, 0.3) is 0 Å². The van der Waals surface area contributed by atoms with Crippen molar-refractivity contribution in [1.29, 1.82) is 0 Å². The van der Waals surface area contributed by atoms with E-state index >= 15 is 0 Å². The van der Waals surface area contributed by atoms with Gasteiger partial charge in [0.15, 0.2) is 0 Å². The van der Waals surface area contributed by atoms with E-state index in [0.717, 1.165) is 19.1 Å². The second-order valence-electron chi connectivity index (χ2n) is 5.54. The summed E-state index contributed by atoms with van der Waals surface area (Å²) in [6.45, 7) is 2.23. The van der Waals surface area contributed by atoms with Crippen LogP contribution in [0.4, 0.5) is 0 Å². The number of allylic oxidation sites excluding steroid dienone is 2. The largest absolute Gasteiger partial charge is 0.303 e. The monoisotopic (exact) mass is 266 g/mol. The summed E-state index contributed by atoms with van der Waals surface area (Å²) in [5, 5.41) is 0. The number of unbranched alkanes of at least 4 members (excludes halogenated alkanes) is 12. The highest BCUT2D eigenvalue weighted by molar-refractivity contribution is 5.48. The van der Waals surface area contributed by atoms with Crippen molar-refractivity contribution in [2.45, 2.75) is 96.8 Å². The molecule has 0 saturated carbocycles. The summed E-state index contributed by atoms with van der Waals surface area (Å²) in [4.78, 5) is 10.1. The fourth-order valence-electron chi connectivity index (χ4n) is 2.31. The fourth-order valence-corrected chi connectivity index (χ4v) is 2.31. The molecule has 0 amide bonds. The first-order valence-corrected chi connectivity index (χ1v) is 8.50. The van der Waals surface area contributed by atoms with Crippen LogP contribution in [0.2, 0.25) is 0 Å². The zero-order chi connectivity index (χ0) is 14.0. The van der Waals surface area contributed by atoms with Crippen LogP contribution in [0.1, 0.15) is 96.8 Å². The van der Waals surface area contributed by atoms with E-state index in [1.807, 2.05) is 0 Å². The zero-order valence-electron chi connectivity index (χ0n) is 13.0. The van der Waals surface area contributed by atoms with Gasteiger partial charge in [0.1, 0.15) is 6.29 Å². The fraction of sp³-hybridized carbons (Fsp3) is 0.833. The lowest BCUT2D eigenvalue weighted by Gasteiger charge is -2.01. The van der Waals surface area contributed by atoms with Gasteiger partial charge in [-0.15, -0.1) is 0 Å². The molecule has 0 bridgehead atoms. The molecule has 1 heteroatoms. The van der Waals surface area contributed by atoms with Crippen LogP contribution in [0.3, 0.4) is 0 Å². The molecule has 0 aromatic heterocycles. The van der Waals surface area contributed by atoms with E-state index in [4.69, 9.17) is 0 Å². The maximum Gasteiger partial charge on any atom is 0.119 e. The first kappa shape index (κ1) is 18.4. The Balaban J connectivity index is 2.97. The third-order valence-corrected chi connectivity index (χ3v) is 3.56. The number of carbonyl (C=O) groups excluding carboxylic acids is 1. The molecule has 0 rings (SSSR count). The lowest BCUT2D eigenvalue weighted by molar-refractivity contribution is -0.107. The van der Waals surface area contributed by atoms with E-state index in [2.05, 4.69) is 19.1 Å². The Morgan fingerprint density at radius 1 is 0.579 bits per heavy atom. The van der Waals surface area contributed by atoms with Crippen LogP contribution in [-0.4, -0.2) is 6.29 Å². The van der Waals surface area contributed by atoms with E-state index in [1.54, 1.807) is 0 Å². The Morgan fingerprint density at radius 3 is 1.47 bits per heavy atom. The van der Waals surface area contributed by atoms with Gasteiger partial charge < -0.3 is 4.79 Å². The van der Waals surface area contributed by atoms with Crippen LogP contribution in [0, 0.1) is 0 Å². The molecular formula is C18H34O. The van der Waals surface area contributed by atoms with Crippen molar-refractivity contribution >= 4 is 6.29 Å². The smallest absolute Gasteiger partial charge is 0.119 e. The molecule has 1 nitrogen and oxygen atoms in total. The van der Waals surface area contributed by atoms with E-state index in [9.17, 15) is 4.79 Å². The Hall–Kier alpha value is -0.590. The lowest BCUT2D eigenvalue weighted by atomic mass is 10.1. The Kier molecular flexibility index (Phi) is 16.9. The number of hydrogen-bond donors (Lipinski definition) is 0. The van der Waals surface area contributed by atoms with Gasteiger partial charge in [-0.2, -0.15) is 0 Å². The molecule has 0 atom stereocenters. The van der Waals surface area contributed by atoms with Crippen LogP contribution in [0.5, 0.6) is 0 Å². The van der Waals surface area contributed by atoms with Gasteiger partial charge in [-0.1, -0.05) is 76.9 Å². The van der Waals surface area contributed by atoms with E-state index in [-0.39, 0.29) is 0 Å². The average Bonchev–Trinajstić information content (AvgIpc) is 2.43. The predicted octanol–water partition coefficient (Wildman–Crippen LogP) is 6.22. The predicted molar refractivity (Wildman–Crippen MR) is 85.5 cm³/mol. The summed E-state index contributed by atoms with van der Waals surface area (Å²) in [6.07, 6.45) is 23.6. The minimum Gasteiger partial charge on any atom is -0.303 e. The molecule has 0 aromatic carbocycles. The van der Waals surface area contributed by atoms with Crippen LogP contribution >= 0.6 is 0 Å². The van der Waals surface area contributed by atoms with Crippen molar-refractivity contribution < 1.29 is 4.79 Å². The maximum absolute atomic E-state index is 10.1. The Labute approximate surface area is 120 Å². The molecule has 0 heterocycles. The third-order valence-electron chi connectivity index (χ3n) is 3.56. The summed E-state index contributed by atoms with van der Waals surface area (Å²) in [5.74, 6) is 0. The molecule has 0 saturated heterocycles. The Bertz CT molecular complexity index is 196. The van der Waals surface area contributed by atoms with Gasteiger partial charge in [0, 0.05) is 6.42 Å². The zero-order valence-corrected chi connectivity index (χ0v) is 13.0. The van der Waals surface area contributed by atoms with Gasteiger partial charge in [0.05, 0.1) is 0 Å². The number of rotatable bonds is 15. The number of aldehydes is 1. The van der Waals surface area contributed by atoms with Crippen molar-refractivity contribution in [3.63, 3.8) is 0 Å². The first-order valence-electron chi connectivity index (χ1n) is 8.50. The molecular weight excluding hydrogens is 232 g/mol. The standard InChI is InChI=1S/C18H34O/c1-2-3-4-5-6-7-8-9-10-11-12-13-14-15-16-17-18-19/h4-5,18H,2-3,6-17H2,1H3/b5-4-. The number of hydrogen-bond acceptors (Lipinski definition) is 1. The first-order chi connectivity index (χ1) is 9.41. The molecule has 0 aromatic rings. The topological polar surface area (TPSA) is 17.1 Å². The highest BCUT2D eigenvalue weighted by Crippen LogP contribution is 2.11. The van der Waals surface area contributed by atoms with Crippen molar-refractivity contribution in [3.05, 3.63) is 12.2 Å². The van der Waals surface area contributed by atoms with Crippen molar-refractivity contribution in [1.82, 2.24) is 0 Å². The molecule has 0 N–H and O–H groups in total. The van der Waals surface area contributed by atoms with E-state index in [0.29, 0.717) is 0 Å². The minimum absolute atomic E-state index is 0.757. The average molecular weight is 266 g/mol. The SMILES string of the molecule is CCC/C=C\CCCCCCCCCCCCC=O. The summed E-state index contributed by atoms with van der Waals surface area (Å²) in [6, 6.07) is 0. The van der Waals surface area contributed by atoms with Crippen molar-refractivity contribution in [3.8, 4) is 0 Å². The van der Waals surface area contributed by atoms with Gasteiger partial charge in [-0.3, -0.25) is 0 Å². The van der Waals surface area contributed by atoms with Crippen LogP contribution in [-0.2, 0) is 4.79 Å². The van der Waals surface area contributed by atoms with E-state index in [1.165, 1.54) is 77.0 Å². The maximum atomic E-state index is 10.1. The highest BCUT2D eigenvalue weighted by atomic mass is 16.1. The molecule has 0 aliphatic rings. The normalized spacial score (nSPS) is 11.2. The minimum atomic E-state index is 0.757. The summed E-state index contributed by atoms with van der Waals surface area (Å²) < 4.78 is 0. The van der Waals surface area contributed by atoms with Gasteiger partial charge in [0.25, 0.3) is 0 Å². The van der Waals surface area contributed by atoms with E-state index < -0.39 is 0 Å². The second kappa shape index (κ2) is 17.4. The third kappa shape index (κ3) is 17.4. The van der Waals surface area contributed by atoms with Crippen molar-refractivity contribution in [2.75, 3.05) is 0 Å². The second-order valence-corrected chi connectivity index (χ2v) is 5.54. The molecule has 0 radical (unpaired) electrons. The molecule has 0 fully saturated rings. The van der Waals surface area contributed by atoms with Crippen molar-refractivity contribution in [2.24, 2.45) is 0 Å². The molecule has 19 heavy (non-hydrogen) atoms. The summed E-state index contributed by atoms with van der Waals surface area (Å²) in [5.41, 5.74) is 0. The van der Waals surface area contributed by atoms with Gasteiger partial charge in [-0.05, 0) is 25.7 Å². The van der Waals surface area contributed by atoms with Gasteiger partial charge >= 0.3 is 0 Å². The molecule has 0 spiro atoms. The van der Waals surface area contributed by atoms with Crippen LogP contribution in [0.15, 0.2) is 12.2 Å². The highest BCUT2D eigenvalue weighted by Gasteiger charge is 1.92. The molecule has 0 unspecified atom stereocenters.